The summed E-state index contributed by atoms with van der Waals surface area (Å²) in [5.41, 5.74) is 1.22. The minimum atomic E-state index is -0.00480. The first-order chi connectivity index (χ1) is 15.6. The Bertz CT molecular complexity index is 1200. The maximum absolute atomic E-state index is 12.8. The van der Waals surface area contributed by atoms with E-state index in [1.165, 1.54) is 28.6 Å². The average molecular weight is 489 g/mol. The molecule has 2 aliphatic rings. The number of rotatable bonds is 5. The molecule has 1 aliphatic heterocycles. The number of benzene rings is 1. The van der Waals surface area contributed by atoms with Crippen LogP contribution in [0.4, 0.5) is 0 Å². The molecule has 1 fully saturated rings. The zero-order valence-electron chi connectivity index (χ0n) is 17.7. The van der Waals surface area contributed by atoms with Crippen LogP contribution in [0.3, 0.4) is 0 Å². The third-order valence-electron chi connectivity index (χ3n) is 6.16. The maximum Gasteiger partial charge on any atom is 0.259 e. The summed E-state index contributed by atoms with van der Waals surface area (Å²) in [6.45, 7) is 3.50. The molecule has 3 aromatic rings. The van der Waals surface area contributed by atoms with Gasteiger partial charge in [0.15, 0.2) is 0 Å². The molecule has 1 N–H and O–H groups in total. The summed E-state index contributed by atoms with van der Waals surface area (Å²) in [7, 11) is 0. The quantitative estimate of drug-likeness (QED) is 0.550. The van der Waals surface area contributed by atoms with Crippen molar-refractivity contribution < 1.29 is 4.79 Å². The van der Waals surface area contributed by atoms with Gasteiger partial charge in [0, 0.05) is 36.0 Å². The summed E-state index contributed by atoms with van der Waals surface area (Å²) >= 11 is 9.35. The number of carbonyl (C=O) groups is 1. The molecule has 1 aliphatic carbocycles. The van der Waals surface area contributed by atoms with Gasteiger partial charge in [-0.15, -0.1) is 23.1 Å². The highest BCUT2D eigenvalue weighted by atomic mass is 35.5. The molecule has 32 heavy (non-hydrogen) atoms. The monoisotopic (exact) mass is 488 g/mol. The Hall–Kier alpha value is -1.87. The van der Waals surface area contributed by atoms with Crippen LogP contribution in [0.1, 0.15) is 29.1 Å². The fourth-order valence-corrected chi connectivity index (χ4v) is 6.87. The zero-order valence-corrected chi connectivity index (χ0v) is 20.1. The van der Waals surface area contributed by atoms with Crippen molar-refractivity contribution in [3.63, 3.8) is 0 Å². The van der Waals surface area contributed by atoms with Gasteiger partial charge in [-0.1, -0.05) is 23.7 Å². The summed E-state index contributed by atoms with van der Waals surface area (Å²) in [5.74, 6) is 1.24. The van der Waals surface area contributed by atoms with Gasteiger partial charge in [0.1, 0.15) is 10.7 Å². The van der Waals surface area contributed by atoms with Gasteiger partial charge in [0.05, 0.1) is 22.7 Å². The fourth-order valence-electron chi connectivity index (χ4n) is 4.44. The number of thioether (sulfide) groups is 1. The van der Waals surface area contributed by atoms with Crippen molar-refractivity contribution in [3.05, 3.63) is 55.9 Å². The first-order valence-corrected chi connectivity index (χ1v) is 13.2. The molecule has 5 rings (SSSR count). The van der Waals surface area contributed by atoms with E-state index in [0.717, 1.165) is 53.3 Å². The fraction of sp³-hybridized carbons (Fsp3) is 0.435. The Morgan fingerprint density at radius 3 is 2.75 bits per heavy atom. The number of amides is 1. The lowest BCUT2D eigenvalue weighted by Gasteiger charge is -2.34. The van der Waals surface area contributed by atoms with Crippen molar-refractivity contribution in [1.29, 1.82) is 0 Å². The standard InChI is InChI=1S/C23H25ClN4O2S2/c24-16-6-2-4-8-18(16)31-14-20(29)28-11-9-27(10-12-28)13-19-25-22(30)21-15-5-1-3-7-17(15)32-23(21)26-19/h2,4,6,8H,1,3,5,7,9-14H2,(H,25,26,30). The van der Waals surface area contributed by atoms with Crippen molar-refractivity contribution >= 4 is 50.8 Å². The smallest absolute Gasteiger partial charge is 0.259 e. The molecule has 0 saturated carbocycles. The molecule has 1 amide bonds. The number of thiophene rings is 1. The average Bonchev–Trinajstić information content (AvgIpc) is 3.17. The van der Waals surface area contributed by atoms with Gasteiger partial charge >= 0.3 is 0 Å². The number of piperazine rings is 1. The number of halogens is 1. The van der Waals surface area contributed by atoms with Crippen LogP contribution >= 0.6 is 34.7 Å². The second kappa shape index (κ2) is 9.55. The van der Waals surface area contributed by atoms with Gasteiger partial charge in [-0.2, -0.15) is 0 Å². The molecule has 0 unspecified atom stereocenters. The predicted octanol–water partition coefficient (Wildman–Crippen LogP) is 3.95. The first-order valence-electron chi connectivity index (χ1n) is 11.0. The molecule has 1 aromatic carbocycles. The largest absolute Gasteiger partial charge is 0.339 e. The molecule has 0 radical (unpaired) electrons. The van der Waals surface area contributed by atoms with Crippen molar-refractivity contribution in [2.24, 2.45) is 0 Å². The van der Waals surface area contributed by atoms with Crippen molar-refractivity contribution in [3.8, 4) is 0 Å². The van der Waals surface area contributed by atoms with Crippen molar-refractivity contribution in [2.45, 2.75) is 37.1 Å². The van der Waals surface area contributed by atoms with Crippen LogP contribution < -0.4 is 5.56 Å². The number of hydrogen-bond donors (Lipinski definition) is 1. The second-order valence-electron chi connectivity index (χ2n) is 8.28. The van der Waals surface area contributed by atoms with Gasteiger partial charge < -0.3 is 9.88 Å². The first kappa shape index (κ1) is 21.9. The lowest BCUT2D eigenvalue weighted by molar-refractivity contribution is -0.130. The third-order valence-corrected chi connectivity index (χ3v) is 8.85. The number of carbonyl (C=O) groups excluding carboxylic acids is 1. The molecular formula is C23H25ClN4O2S2. The van der Waals surface area contributed by atoms with E-state index in [2.05, 4.69) is 9.88 Å². The summed E-state index contributed by atoms with van der Waals surface area (Å²) in [4.78, 5) is 40.5. The minimum absolute atomic E-state index is 0.00480. The Morgan fingerprint density at radius 2 is 1.94 bits per heavy atom. The van der Waals surface area contributed by atoms with E-state index in [4.69, 9.17) is 16.6 Å². The van der Waals surface area contributed by atoms with Crippen LogP contribution in [0.2, 0.25) is 5.02 Å². The lowest BCUT2D eigenvalue weighted by Crippen LogP contribution is -2.49. The van der Waals surface area contributed by atoms with Crippen molar-refractivity contribution in [2.75, 3.05) is 31.9 Å². The third kappa shape index (κ3) is 4.59. The van der Waals surface area contributed by atoms with E-state index in [0.29, 0.717) is 30.4 Å². The topological polar surface area (TPSA) is 69.3 Å². The molecule has 0 spiro atoms. The molecule has 0 bridgehead atoms. The zero-order chi connectivity index (χ0) is 22.1. The summed E-state index contributed by atoms with van der Waals surface area (Å²) in [5, 5.41) is 1.49. The van der Waals surface area contributed by atoms with Gasteiger partial charge in [0.25, 0.3) is 5.56 Å². The van der Waals surface area contributed by atoms with E-state index in [-0.39, 0.29) is 11.5 Å². The van der Waals surface area contributed by atoms with Gasteiger partial charge in [-0.3, -0.25) is 14.5 Å². The summed E-state index contributed by atoms with van der Waals surface area (Å²) in [6.07, 6.45) is 4.41. The molecular weight excluding hydrogens is 464 g/mol. The second-order valence-corrected chi connectivity index (χ2v) is 10.8. The SMILES string of the molecule is O=C(CSc1ccccc1Cl)N1CCN(Cc2nc3sc4c(c3c(=O)[nH]2)CCCC4)CC1. The molecule has 168 valence electrons. The highest BCUT2D eigenvalue weighted by molar-refractivity contribution is 8.00. The molecule has 6 nitrogen and oxygen atoms in total. The Labute approximate surface area is 200 Å². The highest BCUT2D eigenvalue weighted by Gasteiger charge is 2.23. The normalized spacial score (nSPS) is 17.0. The minimum Gasteiger partial charge on any atom is -0.339 e. The van der Waals surface area contributed by atoms with Crippen molar-refractivity contribution in [1.82, 2.24) is 19.8 Å². The number of nitrogens with one attached hydrogen (secondary N) is 1. The van der Waals surface area contributed by atoms with E-state index in [9.17, 15) is 9.59 Å². The number of aryl methyl sites for hydroxylation is 2. The van der Waals surface area contributed by atoms with E-state index < -0.39 is 0 Å². The van der Waals surface area contributed by atoms with Crippen LogP contribution in [0.15, 0.2) is 34.0 Å². The number of nitrogens with zero attached hydrogens (tertiary/aromatic N) is 3. The number of hydrogen-bond acceptors (Lipinski definition) is 6. The number of fused-ring (bicyclic) bond motifs is 3. The van der Waals surface area contributed by atoms with E-state index >= 15 is 0 Å². The predicted molar refractivity (Wildman–Crippen MR) is 131 cm³/mol. The van der Waals surface area contributed by atoms with Crippen LogP contribution in [0.25, 0.3) is 10.2 Å². The molecule has 1 saturated heterocycles. The Kier molecular flexibility index (Phi) is 6.55. The number of aromatic nitrogens is 2. The maximum atomic E-state index is 12.8. The number of H-pyrrole nitrogens is 1. The van der Waals surface area contributed by atoms with Crippen LogP contribution in [-0.4, -0.2) is 57.6 Å². The Balaban J connectivity index is 1.18. The summed E-state index contributed by atoms with van der Waals surface area (Å²) < 4.78 is 0. The van der Waals surface area contributed by atoms with Gasteiger partial charge in [0.2, 0.25) is 5.91 Å². The molecule has 3 heterocycles. The Morgan fingerprint density at radius 1 is 1.16 bits per heavy atom. The summed E-state index contributed by atoms with van der Waals surface area (Å²) in [6, 6.07) is 7.60. The molecule has 9 heteroatoms. The lowest BCUT2D eigenvalue weighted by atomic mass is 9.97. The van der Waals surface area contributed by atoms with Gasteiger partial charge in [-0.05, 0) is 43.4 Å². The van der Waals surface area contributed by atoms with Crippen LogP contribution in [-0.2, 0) is 24.2 Å². The highest BCUT2D eigenvalue weighted by Crippen LogP contribution is 2.33. The number of aromatic amines is 1. The van der Waals surface area contributed by atoms with Crippen LogP contribution in [0.5, 0.6) is 0 Å². The van der Waals surface area contributed by atoms with E-state index in [1.54, 1.807) is 11.3 Å². The van der Waals surface area contributed by atoms with Gasteiger partial charge in [-0.25, -0.2) is 4.98 Å². The molecule has 0 atom stereocenters. The van der Waals surface area contributed by atoms with Crippen LogP contribution in [0, 0.1) is 0 Å². The molecule has 2 aromatic heterocycles. The van der Waals surface area contributed by atoms with E-state index in [1.807, 2.05) is 29.2 Å².